The molecular weight excluding hydrogens is 314 g/mol. The van der Waals surface area contributed by atoms with E-state index in [0.29, 0.717) is 5.56 Å². The first kappa shape index (κ1) is 14.9. The summed E-state index contributed by atoms with van der Waals surface area (Å²) in [6.07, 6.45) is 4.58. The molecule has 106 valence electrons. The van der Waals surface area contributed by atoms with Crippen molar-refractivity contribution in [3.63, 3.8) is 0 Å². The van der Waals surface area contributed by atoms with Crippen LogP contribution in [0.5, 0.6) is 0 Å². The third-order valence-corrected chi connectivity index (χ3v) is 5.10. The third kappa shape index (κ3) is 3.16. The van der Waals surface area contributed by atoms with E-state index in [2.05, 4.69) is 22.9 Å². The lowest BCUT2D eigenvalue weighted by Crippen LogP contribution is -2.20. The van der Waals surface area contributed by atoms with Crippen LogP contribution >= 0.6 is 15.9 Å². The molecule has 0 heterocycles. The van der Waals surface area contributed by atoms with Crippen LogP contribution in [0.4, 0.5) is 8.78 Å². The van der Waals surface area contributed by atoms with Gasteiger partial charge in [0, 0.05) is 0 Å². The Morgan fingerprint density at radius 2 is 1.89 bits per heavy atom. The number of halogens is 3. The molecule has 1 atom stereocenters. The van der Waals surface area contributed by atoms with E-state index in [-0.39, 0.29) is 10.4 Å². The van der Waals surface area contributed by atoms with E-state index in [9.17, 15) is 13.9 Å². The Bertz CT molecular complexity index is 442. The van der Waals surface area contributed by atoms with Crippen LogP contribution in [0.3, 0.4) is 0 Å². The van der Waals surface area contributed by atoms with E-state index in [0.717, 1.165) is 37.7 Å². The summed E-state index contributed by atoms with van der Waals surface area (Å²) in [5.41, 5.74) is 0.457. The van der Waals surface area contributed by atoms with Crippen LogP contribution in [0.15, 0.2) is 16.6 Å². The van der Waals surface area contributed by atoms with Crippen LogP contribution < -0.4 is 0 Å². The zero-order chi connectivity index (χ0) is 14.0. The molecule has 1 N–H and O–H groups in total. The average Bonchev–Trinajstić information content (AvgIpc) is 2.44. The lowest BCUT2D eigenvalue weighted by atomic mass is 9.77. The molecule has 19 heavy (non-hydrogen) atoms. The molecule has 1 aliphatic carbocycles. The third-order valence-electron chi connectivity index (χ3n) is 4.30. The molecule has 0 aromatic heterocycles. The molecule has 4 heteroatoms. The maximum Gasteiger partial charge on any atom is 0.173 e. The highest BCUT2D eigenvalue weighted by Crippen LogP contribution is 2.40. The van der Waals surface area contributed by atoms with E-state index >= 15 is 0 Å². The molecule has 0 amide bonds. The number of aliphatic hydroxyl groups excluding tert-OH is 1. The average molecular weight is 333 g/mol. The summed E-state index contributed by atoms with van der Waals surface area (Å²) in [6, 6.07) is 2.55. The van der Waals surface area contributed by atoms with Gasteiger partial charge in [-0.05, 0) is 52.2 Å². The Hall–Kier alpha value is -0.480. The largest absolute Gasteiger partial charge is 0.388 e. The number of hydrogen-bond acceptors (Lipinski definition) is 1. The molecular formula is C15H19BrF2O. The van der Waals surface area contributed by atoms with Crippen LogP contribution in [0.2, 0.25) is 0 Å². The molecule has 0 radical (unpaired) electrons. The van der Waals surface area contributed by atoms with Crippen LogP contribution in [-0.2, 0) is 0 Å². The van der Waals surface area contributed by atoms with Crippen molar-refractivity contribution in [1.82, 2.24) is 0 Å². The number of hydrogen-bond donors (Lipinski definition) is 1. The van der Waals surface area contributed by atoms with Gasteiger partial charge in [0.2, 0.25) is 0 Å². The van der Waals surface area contributed by atoms with Gasteiger partial charge in [0.25, 0.3) is 0 Å². The second kappa shape index (κ2) is 6.31. The summed E-state index contributed by atoms with van der Waals surface area (Å²) in [7, 11) is 0. The Morgan fingerprint density at radius 1 is 1.26 bits per heavy atom. The SMILES string of the molecule is CCC1CCC(C(O)c2ccc(F)c(F)c2Br)CC1. The minimum absolute atomic E-state index is 0.0533. The Balaban J connectivity index is 2.12. The van der Waals surface area contributed by atoms with Gasteiger partial charge in [0.1, 0.15) is 0 Å². The highest BCUT2D eigenvalue weighted by atomic mass is 79.9. The predicted molar refractivity (Wildman–Crippen MR) is 74.8 cm³/mol. The zero-order valence-electron chi connectivity index (χ0n) is 11.0. The van der Waals surface area contributed by atoms with Crippen molar-refractivity contribution in [2.45, 2.75) is 45.1 Å². The van der Waals surface area contributed by atoms with E-state index in [1.165, 1.54) is 12.5 Å². The van der Waals surface area contributed by atoms with Crippen LogP contribution in [0.1, 0.15) is 50.7 Å². The molecule has 1 aromatic carbocycles. The monoisotopic (exact) mass is 332 g/mol. The minimum Gasteiger partial charge on any atom is -0.388 e. The van der Waals surface area contributed by atoms with Gasteiger partial charge in [-0.25, -0.2) is 8.78 Å². The quantitative estimate of drug-likeness (QED) is 0.774. The molecule has 0 spiro atoms. The van der Waals surface area contributed by atoms with Crippen molar-refractivity contribution in [1.29, 1.82) is 0 Å². The van der Waals surface area contributed by atoms with Crippen LogP contribution in [0, 0.1) is 23.5 Å². The molecule has 1 fully saturated rings. The van der Waals surface area contributed by atoms with Crippen molar-refractivity contribution in [2.75, 3.05) is 0 Å². The number of benzene rings is 1. The molecule has 2 rings (SSSR count). The van der Waals surface area contributed by atoms with Crippen LogP contribution in [0.25, 0.3) is 0 Å². The fourth-order valence-corrected chi connectivity index (χ4v) is 3.49. The minimum atomic E-state index is -0.918. The summed E-state index contributed by atoms with van der Waals surface area (Å²) in [6.45, 7) is 2.19. The standard InChI is InChI=1S/C15H19BrF2O/c1-2-9-3-5-10(6-4-9)15(19)11-7-8-12(17)14(18)13(11)16/h7-10,15,19H,2-6H2,1H3. The van der Waals surface area contributed by atoms with Gasteiger partial charge in [0.05, 0.1) is 10.6 Å². The van der Waals surface area contributed by atoms with E-state index in [1.807, 2.05) is 0 Å². The first-order valence-corrected chi connectivity index (χ1v) is 7.65. The van der Waals surface area contributed by atoms with E-state index < -0.39 is 17.7 Å². The van der Waals surface area contributed by atoms with Gasteiger partial charge in [-0.1, -0.05) is 32.3 Å². The highest BCUT2D eigenvalue weighted by Gasteiger charge is 2.28. The van der Waals surface area contributed by atoms with Gasteiger partial charge < -0.3 is 5.11 Å². The van der Waals surface area contributed by atoms with Crippen molar-refractivity contribution < 1.29 is 13.9 Å². The van der Waals surface area contributed by atoms with Crippen molar-refractivity contribution in [3.05, 3.63) is 33.8 Å². The van der Waals surface area contributed by atoms with Gasteiger partial charge in [-0.3, -0.25) is 0 Å². The van der Waals surface area contributed by atoms with Crippen molar-refractivity contribution in [3.8, 4) is 0 Å². The summed E-state index contributed by atoms with van der Waals surface area (Å²) >= 11 is 3.05. The maximum atomic E-state index is 13.5. The Kier molecular flexibility index (Phi) is 4.96. The first-order chi connectivity index (χ1) is 9.04. The molecule has 0 aliphatic heterocycles. The Morgan fingerprint density at radius 3 is 2.47 bits per heavy atom. The lowest BCUT2D eigenvalue weighted by molar-refractivity contribution is 0.0720. The Labute approximate surface area is 121 Å². The van der Waals surface area contributed by atoms with Gasteiger partial charge in [-0.2, -0.15) is 0 Å². The van der Waals surface area contributed by atoms with Gasteiger partial charge in [-0.15, -0.1) is 0 Å². The molecule has 0 bridgehead atoms. The van der Waals surface area contributed by atoms with Crippen molar-refractivity contribution >= 4 is 15.9 Å². The topological polar surface area (TPSA) is 20.2 Å². The number of aliphatic hydroxyl groups is 1. The molecule has 1 aliphatic rings. The zero-order valence-corrected chi connectivity index (χ0v) is 12.6. The smallest absolute Gasteiger partial charge is 0.173 e. The van der Waals surface area contributed by atoms with E-state index in [4.69, 9.17) is 0 Å². The van der Waals surface area contributed by atoms with Gasteiger partial charge >= 0.3 is 0 Å². The molecule has 1 aromatic rings. The normalized spacial score (nSPS) is 25.3. The maximum absolute atomic E-state index is 13.5. The summed E-state index contributed by atoms with van der Waals surface area (Å²) in [5.74, 6) is -0.919. The molecule has 1 saturated carbocycles. The second-order valence-corrected chi connectivity index (χ2v) is 6.19. The molecule has 1 unspecified atom stereocenters. The van der Waals surface area contributed by atoms with Crippen molar-refractivity contribution in [2.24, 2.45) is 11.8 Å². The van der Waals surface area contributed by atoms with Gasteiger partial charge in [0.15, 0.2) is 11.6 Å². The van der Waals surface area contributed by atoms with Crippen LogP contribution in [-0.4, -0.2) is 5.11 Å². The summed E-state index contributed by atoms with van der Waals surface area (Å²) in [5, 5.41) is 10.4. The fourth-order valence-electron chi connectivity index (χ4n) is 2.94. The number of rotatable bonds is 3. The lowest BCUT2D eigenvalue weighted by Gasteiger charge is -2.31. The van der Waals surface area contributed by atoms with E-state index in [1.54, 1.807) is 0 Å². The second-order valence-electron chi connectivity index (χ2n) is 5.40. The summed E-state index contributed by atoms with van der Waals surface area (Å²) in [4.78, 5) is 0. The fraction of sp³-hybridized carbons (Fsp3) is 0.600. The predicted octanol–water partition coefficient (Wildman–Crippen LogP) is 4.98. The molecule has 0 saturated heterocycles. The highest BCUT2D eigenvalue weighted by molar-refractivity contribution is 9.10. The summed E-state index contributed by atoms with van der Waals surface area (Å²) < 4.78 is 26.6. The molecule has 1 nitrogen and oxygen atoms in total. The first-order valence-electron chi connectivity index (χ1n) is 6.86.